The summed E-state index contributed by atoms with van der Waals surface area (Å²) in [6.07, 6.45) is 1.16. The first-order valence-corrected chi connectivity index (χ1v) is 8.67. The molecule has 2 N–H and O–H groups in total. The number of sulfonamides is 1. The van der Waals surface area contributed by atoms with E-state index < -0.39 is 36.7 Å². The quantitative estimate of drug-likeness (QED) is 0.660. The number of carboxylic acids is 1. The van der Waals surface area contributed by atoms with Gasteiger partial charge in [0, 0.05) is 12.8 Å². The van der Waals surface area contributed by atoms with Crippen LogP contribution in [0, 0.1) is 0 Å². The van der Waals surface area contributed by atoms with E-state index in [9.17, 15) is 21.6 Å². The summed E-state index contributed by atoms with van der Waals surface area (Å²) in [4.78, 5) is 10.5. The molecule has 0 amide bonds. The van der Waals surface area contributed by atoms with E-state index in [1.165, 1.54) is 0 Å². The largest absolute Gasteiger partial charge is 0.475 e. The third kappa shape index (κ3) is 5.01. The summed E-state index contributed by atoms with van der Waals surface area (Å²) in [5, 5.41) is 8.07. The number of rotatable bonds is 7. The fourth-order valence-corrected chi connectivity index (χ4v) is 2.86. The molecule has 0 saturated heterocycles. The van der Waals surface area contributed by atoms with Crippen molar-refractivity contribution in [3.63, 3.8) is 0 Å². The van der Waals surface area contributed by atoms with Crippen molar-refractivity contribution in [1.82, 2.24) is 4.72 Å². The number of nitrogens with one attached hydrogen (secondary N) is 1. The lowest BCUT2D eigenvalue weighted by Gasteiger charge is -2.03. The van der Waals surface area contributed by atoms with Crippen LogP contribution in [0.1, 0.15) is 17.0 Å². The maximum atomic E-state index is 11.6. The Kier molecular flexibility index (Phi) is 4.71. The fraction of sp³-hybridized carbons (Fsp3) is 0.444. The van der Waals surface area contributed by atoms with Gasteiger partial charge in [-0.15, -0.1) is 0 Å². The van der Waals surface area contributed by atoms with Crippen LogP contribution >= 0.6 is 0 Å². The van der Waals surface area contributed by atoms with Crippen LogP contribution in [0.2, 0.25) is 0 Å². The summed E-state index contributed by atoms with van der Waals surface area (Å²) < 4.78 is 51.7. The Bertz CT molecular complexity index is 656. The molecule has 0 fully saturated rings. The van der Waals surface area contributed by atoms with Crippen LogP contribution < -0.4 is 4.72 Å². The van der Waals surface area contributed by atoms with E-state index in [0.717, 1.165) is 18.4 Å². The van der Waals surface area contributed by atoms with Crippen molar-refractivity contribution in [3.8, 4) is 0 Å². The third-order valence-corrected chi connectivity index (χ3v) is 4.40. The van der Waals surface area contributed by atoms with Gasteiger partial charge in [-0.1, -0.05) is 0 Å². The van der Waals surface area contributed by atoms with Gasteiger partial charge in [0.25, 0.3) is 10.0 Å². The second-order valence-corrected chi connectivity index (χ2v) is 7.76. The van der Waals surface area contributed by atoms with Gasteiger partial charge in [-0.05, 0) is 18.6 Å². The zero-order valence-corrected chi connectivity index (χ0v) is 11.6. The topological polar surface area (TPSA) is 131 Å². The van der Waals surface area contributed by atoms with Crippen molar-refractivity contribution in [2.45, 2.75) is 11.5 Å². The zero-order chi connectivity index (χ0) is 14.7. The maximum Gasteiger partial charge on any atom is 0.371 e. The Labute approximate surface area is 110 Å². The van der Waals surface area contributed by atoms with Gasteiger partial charge in [-0.3, -0.25) is 0 Å². The van der Waals surface area contributed by atoms with Crippen molar-refractivity contribution < 1.29 is 31.2 Å². The van der Waals surface area contributed by atoms with Crippen LogP contribution in [0.5, 0.6) is 0 Å². The van der Waals surface area contributed by atoms with Crippen molar-refractivity contribution in [1.29, 1.82) is 0 Å². The number of hydrogen-bond acceptors (Lipinski definition) is 6. The predicted octanol–water partition coefficient (Wildman–Crippen LogP) is -0.309. The molecule has 108 valence electrons. The Morgan fingerprint density at radius 1 is 1.32 bits per heavy atom. The SMILES string of the molecule is CS(=O)(=O)CCCNS(=O)(=O)c1ccc(C(=O)O)o1. The smallest absolute Gasteiger partial charge is 0.371 e. The summed E-state index contributed by atoms with van der Waals surface area (Å²) in [6.45, 7) is -0.0848. The molecule has 0 atom stereocenters. The highest BCUT2D eigenvalue weighted by molar-refractivity contribution is 7.90. The van der Waals surface area contributed by atoms with Crippen LogP contribution in [-0.2, 0) is 19.9 Å². The minimum Gasteiger partial charge on any atom is -0.475 e. The Morgan fingerprint density at radius 2 is 1.95 bits per heavy atom. The average molecular weight is 311 g/mol. The molecule has 0 spiro atoms. The van der Waals surface area contributed by atoms with Crippen LogP contribution in [0.15, 0.2) is 21.6 Å². The molecule has 1 heterocycles. The molecule has 0 unspecified atom stereocenters. The van der Waals surface area contributed by atoms with E-state index in [-0.39, 0.29) is 18.7 Å². The molecule has 8 nitrogen and oxygen atoms in total. The molecule has 1 aromatic heterocycles. The third-order valence-electron chi connectivity index (χ3n) is 2.04. The number of sulfone groups is 1. The lowest BCUT2D eigenvalue weighted by atomic mass is 10.5. The van der Waals surface area contributed by atoms with E-state index >= 15 is 0 Å². The lowest BCUT2D eigenvalue weighted by molar-refractivity contribution is 0.0656. The van der Waals surface area contributed by atoms with E-state index in [4.69, 9.17) is 5.11 Å². The van der Waals surface area contributed by atoms with Crippen molar-refractivity contribution in [2.24, 2.45) is 0 Å². The first-order valence-electron chi connectivity index (χ1n) is 5.12. The van der Waals surface area contributed by atoms with Gasteiger partial charge in [-0.25, -0.2) is 26.4 Å². The molecule has 0 aliphatic carbocycles. The number of carboxylic acid groups (broad SMARTS) is 1. The Balaban J connectivity index is 2.63. The van der Waals surface area contributed by atoms with E-state index in [1.54, 1.807) is 0 Å². The van der Waals surface area contributed by atoms with E-state index in [0.29, 0.717) is 0 Å². The molecule has 1 rings (SSSR count). The molecule has 0 bridgehead atoms. The van der Waals surface area contributed by atoms with E-state index in [1.807, 2.05) is 0 Å². The van der Waals surface area contributed by atoms with Crippen LogP contribution in [0.25, 0.3) is 0 Å². The second kappa shape index (κ2) is 5.72. The predicted molar refractivity (Wildman–Crippen MR) is 65.2 cm³/mol. The minimum atomic E-state index is -3.97. The van der Waals surface area contributed by atoms with Crippen molar-refractivity contribution in [2.75, 3.05) is 18.6 Å². The molecular formula is C9H13NO7S2. The second-order valence-electron chi connectivity index (χ2n) is 3.81. The molecule has 0 saturated carbocycles. The minimum absolute atomic E-state index is 0.0848. The molecule has 1 aromatic rings. The van der Waals surface area contributed by atoms with Gasteiger partial charge < -0.3 is 9.52 Å². The number of carbonyl (C=O) groups is 1. The van der Waals surface area contributed by atoms with Gasteiger partial charge in [0.2, 0.25) is 10.9 Å². The molecule has 10 heteroatoms. The van der Waals surface area contributed by atoms with Crippen LogP contribution in [0.3, 0.4) is 0 Å². The molecule has 0 aliphatic heterocycles. The van der Waals surface area contributed by atoms with Gasteiger partial charge >= 0.3 is 5.97 Å². The first-order chi connectivity index (χ1) is 8.62. The highest BCUT2D eigenvalue weighted by Gasteiger charge is 2.20. The maximum absolute atomic E-state index is 11.6. The Hall–Kier alpha value is -1.39. The highest BCUT2D eigenvalue weighted by Crippen LogP contribution is 2.13. The number of furan rings is 1. The average Bonchev–Trinajstić information content (AvgIpc) is 2.73. The zero-order valence-electron chi connectivity index (χ0n) is 9.99. The van der Waals surface area contributed by atoms with Crippen LogP contribution in [-0.4, -0.2) is 46.5 Å². The summed E-state index contributed by atoms with van der Waals surface area (Å²) in [5.74, 6) is -2.01. The molecular weight excluding hydrogens is 298 g/mol. The first kappa shape index (κ1) is 15.7. The number of hydrogen-bond donors (Lipinski definition) is 2. The Morgan fingerprint density at radius 3 is 2.42 bits per heavy atom. The molecule has 0 radical (unpaired) electrons. The van der Waals surface area contributed by atoms with Crippen LogP contribution in [0.4, 0.5) is 0 Å². The summed E-state index contributed by atoms with van der Waals surface area (Å²) in [6, 6.07) is 2.04. The van der Waals surface area contributed by atoms with Gasteiger partial charge in [0.1, 0.15) is 9.84 Å². The van der Waals surface area contributed by atoms with Gasteiger partial charge in [0.15, 0.2) is 0 Å². The normalized spacial score (nSPS) is 12.5. The molecule has 0 aromatic carbocycles. The summed E-state index contributed by atoms with van der Waals surface area (Å²) in [7, 11) is -7.12. The van der Waals surface area contributed by atoms with Crippen molar-refractivity contribution >= 4 is 25.8 Å². The molecule has 19 heavy (non-hydrogen) atoms. The lowest BCUT2D eigenvalue weighted by Crippen LogP contribution is -2.25. The summed E-state index contributed by atoms with van der Waals surface area (Å²) >= 11 is 0. The monoisotopic (exact) mass is 311 g/mol. The fourth-order valence-electron chi connectivity index (χ4n) is 1.19. The highest BCUT2D eigenvalue weighted by atomic mass is 32.2. The molecule has 0 aliphatic rings. The summed E-state index contributed by atoms with van der Waals surface area (Å²) in [5.41, 5.74) is 0. The number of aromatic carboxylic acids is 1. The van der Waals surface area contributed by atoms with Crippen molar-refractivity contribution in [3.05, 3.63) is 17.9 Å². The standard InChI is InChI=1S/C9H13NO7S2/c1-18(13,14)6-2-5-10-19(15,16)8-4-3-7(17-8)9(11)12/h3-4,10H,2,5-6H2,1H3,(H,11,12). The van der Waals surface area contributed by atoms with Gasteiger partial charge in [0.05, 0.1) is 5.75 Å². The van der Waals surface area contributed by atoms with Gasteiger partial charge in [-0.2, -0.15) is 0 Å². The van der Waals surface area contributed by atoms with E-state index in [2.05, 4.69) is 9.14 Å².